The zero-order valence-corrected chi connectivity index (χ0v) is 11.7. The summed E-state index contributed by atoms with van der Waals surface area (Å²) in [6, 6.07) is 1.57. The lowest BCUT2D eigenvalue weighted by atomic mass is 10.1. The Morgan fingerprint density at radius 2 is 2.18 bits per heavy atom. The molecular weight excluding hydrogens is 230 g/mol. The van der Waals surface area contributed by atoms with E-state index in [-0.39, 0.29) is 0 Å². The van der Waals surface area contributed by atoms with Crippen molar-refractivity contribution in [1.29, 1.82) is 0 Å². The standard InChI is InChI=1S/C13H23N3S/c1-9(2)12-7-14-13(17-12)15-10-5-6-16(8-10)11-3-4-11/h9-12H,3-8H2,1-2H3,(H,14,15). The summed E-state index contributed by atoms with van der Waals surface area (Å²) in [6.45, 7) is 8.11. The molecule has 0 aromatic carbocycles. The highest BCUT2D eigenvalue weighted by Gasteiger charge is 2.35. The fourth-order valence-corrected chi connectivity index (χ4v) is 3.76. The maximum Gasteiger partial charge on any atom is 0.157 e. The number of rotatable bonds is 3. The minimum Gasteiger partial charge on any atom is -0.361 e. The molecule has 2 unspecified atom stereocenters. The highest BCUT2D eigenvalue weighted by atomic mass is 32.2. The van der Waals surface area contributed by atoms with Crippen molar-refractivity contribution in [2.75, 3.05) is 19.6 Å². The van der Waals surface area contributed by atoms with Crippen molar-refractivity contribution < 1.29 is 0 Å². The second-order valence-electron chi connectivity index (χ2n) is 5.90. The summed E-state index contributed by atoms with van der Waals surface area (Å²) in [5.41, 5.74) is 0. The van der Waals surface area contributed by atoms with Gasteiger partial charge < -0.3 is 5.32 Å². The largest absolute Gasteiger partial charge is 0.361 e. The lowest BCUT2D eigenvalue weighted by Crippen LogP contribution is -2.35. The molecule has 0 spiro atoms. The first-order chi connectivity index (χ1) is 8.22. The molecule has 3 nitrogen and oxygen atoms in total. The lowest BCUT2D eigenvalue weighted by molar-refractivity contribution is 0.322. The van der Waals surface area contributed by atoms with Gasteiger partial charge in [-0.3, -0.25) is 9.89 Å². The fourth-order valence-electron chi connectivity index (χ4n) is 2.67. The zero-order valence-electron chi connectivity index (χ0n) is 10.9. The van der Waals surface area contributed by atoms with Crippen LogP contribution in [-0.2, 0) is 0 Å². The smallest absolute Gasteiger partial charge is 0.157 e. The van der Waals surface area contributed by atoms with Gasteiger partial charge in [0.25, 0.3) is 0 Å². The number of nitrogens with one attached hydrogen (secondary N) is 1. The van der Waals surface area contributed by atoms with E-state index in [2.05, 4.69) is 29.1 Å². The molecule has 3 rings (SSSR count). The molecule has 4 heteroatoms. The van der Waals surface area contributed by atoms with Crippen molar-refractivity contribution in [1.82, 2.24) is 10.2 Å². The third kappa shape index (κ3) is 2.79. The van der Waals surface area contributed by atoms with Gasteiger partial charge in [0.15, 0.2) is 5.17 Å². The van der Waals surface area contributed by atoms with Crippen LogP contribution in [0.25, 0.3) is 0 Å². The quantitative estimate of drug-likeness (QED) is 0.833. The van der Waals surface area contributed by atoms with Gasteiger partial charge in [-0.2, -0.15) is 0 Å². The van der Waals surface area contributed by atoms with Crippen LogP contribution in [0, 0.1) is 5.92 Å². The number of aliphatic imine (C=N–C) groups is 1. The van der Waals surface area contributed by atoms with Crippen molar-refractivity contribution in [3.63, 3.8) is 0 Å². The van der Waals surface area contributed by atoms with Crippen molar-refractivity contribution in [3.05, 3.63) is 0 Å². The molecule has 1 saturated carbocycles. The third-order valence-electron chi connectivity index (χ3n) is 4.03. The zero-order chi connectivity index (χ0) is 11.8. The molecule has 17 heavy (non-hydrogen) atoms. The molecule has 3 aliphatic rings. The predicted octanol–water partition coefficient (Wildman–Crippen LogP) is 1.94. The fraction of sp³-hybridized carbons (Fsp3) is 0.923. The van der Waals surface area contributed by atoms with Gasteiger partial charge in [0, 0.05) is 30.4 Å². The topological polar surface area (TPSA) is 27.6 Å². The SMILES string of the molecule is CC(C)C1CN=C(NC2CCN(C3CC3)C2)S1. The molecule has 0 aromatic heterocycles. The van der Waals surface area contributed by atoms with Gasteiger partial charge in [-0.1, -0.05) is 25.6 Å². The molecule has 1 saturated heterocycles. The van der Waals surface area contributed by atoms with E-state index in [0.717, 1.165) is 18.5 Å². The van der Waals surface area contributed by atoms with E-state index >= 15 is 0 Å². The molecule has 2 heterocycles. The van der Waals surface area contributed by atoms with Crippen LogP contribution < -0.4 is 5.32 Å². The summed E-state index contributed by atoms with van der Waals surface area (Å²) in [6.07, 6.45) is 4.15. The molecule has 2 aliphatic heterocycles. The number of hydrogen-bond donors (Lipinski definition) is 1. The van der Waals surface area contributed by atoms with E-state index in [1.54, 1.807) is 0 Å². The highest BCUT2D eigenvalue weighted by Crippen LogP contribution is 2.31. The monoisotopic (exact) mass is 253 g/mol. The predicted molar refractivity (Wildman–Crippen MR) is 74.7 cm³/mol. The summed E-state index contributed by atoms with van der Waals surface area (Å²) >= 11 is 1.95. The molecule has 0 aromatic rings. The summed E-state index contributed by atoms with van der Waals surface area (Å²) in [7, 11) is 0. The summed E-state index contributed by atoms with van der Waals surface area (Å²) in [5, 5.41) is 5.54. The van der Waals surface area contributed by atoms with E-state index in [1.165, 1.54) is 37.5 Å². The highest BCUT2D eigenvalue weighted by molar-refractivity contribution is 8.14. The Labute approximate surface area is 108 Å². The van der Waals surface area contributed by atoms with E-state index < -0.39 is 0 Å². The van der Waals surface area contributed by atoms with Gasteiger partial charge in [-0.25, -0.2) is 0 Å². The molecular formula is C13H23N3S. The maximum absolute atomic E-state index is 4.64. The second kappa shape index (κ2) is 4.81. The summed E-state index contributed by atoms with van der Waals surface area (Å²) in [5.74, 6) is 0.731. The van der Waals surface area contributed by atoms with Crippen molar-refractivity contribution >= 4 is 16.9 Å². The Morgan fingerprint density at radius 3 is 2.82 bits per heavy atom. The average Bonchev–Trinajstić information content (AvgIpc) is 2.87. The average molecular weight is 253 g/mol. The lowest BCUT2D eigenvalue weighted by Gasteiger charge is -2.17. The van der Waals surface area contributed by atoms with E-state index in [1.807, 2.05) is 11.8 Å². The van der Waals surface area contributed by atoms with Crippen molar-refractivity contribution in [2.45, 2.75) is 50.4 Å². The minimum absolute atomic E-state index is 0.646. The second-order valence-corrected chi connectivity index (χ2v) is 7.13. The van der Waals surface area contributed by atoms with Gasteiger partial charge in [-0.15, -0.1) is 0 Å². The molecule has 0 amide bonds. The Kier molecular flexibility index (Phi) is 3.35. The van der Waals surface area contributed by atoms with E-state index in [4.69, 9.17) is 0 Å². The third-order valence-corrected chi connectivity index (χ3v) is 5.50. The molecule has 1 N–H and O–H groups in total. The molecule has 2 atom stereocenters. The maximum atomic E-state index is 4.64. The van der Waals surface area contributed by atoms with Gasteiger partial charge in [-0.05, 0) is 25.2 Å². The number of nitrogens with zero attached hydrogens (tertiary/aromatic N) is 2. The number of thioether (sulfide) groups is 1. The van der Waals surface area contributed by atoms with Crippen molar-refractivity contribution in [3.8, 4) is 0 Å². The van der Waals surface area contributed by atoms with E-state index in [9.17, 15) is 0 Å². The molecule has 2 fully saturated rings. The van der Waals surface area contributed by atoms with Gasteiger partial charge in [0.2, 0.25) is 0 Å². The Hall–Kier alpha value is -0.220. The van der Waals surface area contributed by atoms with Crippen LogP contribution in [0.4, 0.5) is 0 Å². The van der Waals surface area contributed by atoms with Crippen LogP contribution in [0.15, 0.2) is 4.99 Å². The van der Waals surface area contributed by atoms with Gasteiger partial charge >= 0.3 is 0 Å². The van der Waals surface area contributed by atoms with Gasteiger partial charge in [0.05, 0.1) is 6.54 Å². The summed E-state index contributed by atoms with van der Waals surface area (Å²) in [4.78, 5) is 7.29. The summed E-state index contributed by atoms with van der Waals surface area (Å²) < 4.78 is 0. The van der Waals surface area contributed by atoms with Crippen LogP contribution in [-0.4, -0.2) is 47.0 Å². The van der Waals surface area contributed by atoms with Crippen LogP contribution in [0.3, 0.4) is 0 Å². The number of hydrogen-bond acceptors (Lipinski definition) is 4. The Morgan fingerprint density at radius 1 is 1.35 bits per heavy atom. The first-order valence-electron chi connectivity index (χ1n) is 6.94. The normalized spacial score (nSPS) is 34.4. The van der Waals surface area contributed by atoms with E-state index in [0.29, 0.717) is 11.3 Å². The number of likely N-dealkylation sites (tertiary alicyclic amines) is 1. The van der Waals surface area contributed by atoms with Crippen LogP contribution in [0.5, 0.6) is 0 Å². The Balaban J connectivity index is 1.45. The first kappa shape index (κ1) is 11.8. The van der Waals surface area contributed by atoms with Crippen LogP contribution in [0.1, 0.15) is 33.1 Å². The van der Waals surface area contributed by atoms with Crippen molar-refractivity contribution in [2.24, 2.45) is 10.9 Å². The first-order valence-corrected chi connectivity index (χ1v) is 7.82. The molecule has 1 aliphatic carbocycles. The minimum atomic E-state index is 0.646. The van der Waals surface area contributed by atoms with Crippen LogP contribution >= 0.6 is 11.8 Å². The Bertz CT molecular complexity index is 312. The van der Waals surface area contributed by atoms with Crippen LogP contribution in [0.2, 0.25) is 0 Å². The molecule has 0 bridgehead atoms. The molecule has 96 valence electrons. The molecule has 0 radical (unpaired) electrons. The van der Waals surface area contributed by atoms with Gasteiger partial charge in [0.1, 0.15) is 0 Å². The number of amidine groups is 1.